The van der Waals surface area contributed by atoms with Gasteiger partial charge in [-0.05, 0) is 48.6 Å². The molecule has 6 N–H and O–H groups in total. The Morgan fingerprint density at radius 2 is 1.78 bits per heavy atom. The van der Waals surface area contributed by atoms with Crippen molar-refractivity contribution in [2.24, 2.45) is 5.73 Å². The minimum atomic E-state index is -3.92. The van der Waals surface area contributed by atoms with Gasteiger partial charge in [-0.15, -0.1) is 23.1 Å². The van der Waals surface area contributed by atoms with Crippen molar-refractivity contribution in [3.05, 3.63) is 59.0 Å². The molecule has 10 nitrogen and oxygen atoms in total. The lowest BCUT2D eigenvalue weighted by Gasteiger charge is -2.16. The molecule has 198 valence electrons. The minimum absolute atomic E-state index is 0.0405. The summed E-state index contributed by atoms with van der Waals surface area (Å²) in [7, 11) is -7.28. The average Bonchev–Trinajstić information content (AvgIpc) is 3.27. The van der Waals surface area contributed by atoms with Gasteiger partial charge in [-0.1, -0.05) is 24.3 Å². The van der Waals surface area contributed by atoms with Crippen molar-refractivity contribution in [3.63, 3.8) is 0 Å². The lowest BCUT2D eigenvalue weighted by atomic mass is 9.98. The van der Waals surface area contributed by atoms with Crippen LogP contribution in [-0.2, 0) is 19.9 Å². The fourth-order valence-corrected chi connectivity index (χ4v) is 7.88. The van der Waals surface area contributed by atoms with Crippen LogP contribution in [0.25, 0.3) is 11.1 Å². The Bertz CT molecular complexity index is 1550. The number of thiophene rings is 1. The predicted octanol–water partition coefficient (Wildman–Crippen LogP) is 3.23. The molecule has 14 heteroatoms. The van der Waals surface area contributed by atoms with Crippen molar-refractivity contribution in [3.8, 4) is 11.1 Å². The normalized spacial score (nSPS) is 11.8. The standard InChI is InChI=1S/C23H27N5O5S4/c1-14-6-4-9-17(28-23(29)26-10-11-27-36(3,30)31)20(14)15-7-5-8-16(12-15)37(32,33)19-13-18(21(24)25)35-22(19)34-2/h4-9,12-13,27H,10-11H2,1-3H3,(H3,24,25)(H2,26,28,29). The van der Waals surface area contributed by atoms with Crippen molar-refractivity contribution in [2.75, 3.05) is 30.9 Å². The molecule has 0 atom stereocenters. The zero-order valence-electron chi connectivity index (χ0n) is 20.3. The number of carbonyl (C=O) groups excluding carboxylic acids is 1. The maximum atomic E-state index is 13.6. The number of nitrogens with two attached hydrogens (primary N) is 1. The van der Waals surface area contributed by atoms with Gasteiger partial charge in [-0.3, -0.25) is 5.41 Å². The van der Waals surface area contributed by atoms with E-state index < -0.39 is 25.9 Å². The van der Waals surface area contributed by atoms with Crippen LogP contribution in [0.4, 0.5) is 10.5 Å². The van der Waals surface area contributed by atoms with Crippen molar-refractivity contribution >= 4 is 60.5 Å². The number of nitrogens with one attached hydrogen (secondary N) is 4. The van der Waals surface area contributed by atoms with Crippen LogP contribution in [0.15, 0.2) is 62.5 Å². The smallest absolute Gasteiger partial charge is 0.319 e. The fraction of sp³-hybridized carbons (Fsp3) is 0.217. The highest BCUT2D eigenvalue weighted by Gasteiger charge is 2.25. The molecular formula is C23H27N5O5S4. The van der Waals surface area contributed by atoms with Crippen LogP contribution in [0.3, 0.4) is 0 Å². The number of amidine groups is 1. The lowest BCUT2D eigenvalue weighted by molar-refractivity contribution is 0.252. The Balaban J connectivity index is 1.93. The summed E-state index contributed by atoms with van der Waals surface area (Å²) in [6, 6.07) is 12.6. The average molecular weight is 582 g/mol. The van der Waals surface area contributed by atoms with Gasteiger partial charge in [0, 0.05) is 18.7 Å². The van der Waals surface area contributed by atoms with E-state index in [9.17, 15) is 21.6 Å². The van der Waals surface area contributed by atoms with E-state index in [2.05, 4.69) is 15.4 Å². The van der Waals surface area contributed by atoms with Gasteiger partial charge in [0.05, 0.1) is 30.8 Å². The molecule has 0 unspecified atom stereocenters. The summed E-state index contributed by atoms with van der Waals surface area (Å²) in [5.74, 6) is -0.198. The second-order valence-corrected chi connectivity index (χ2v) is 13.8. The molecule has 2 aromatic carbocycles. The number of sulfone groups is 1. The molecule has 0 aliphatic heterocycles. The van der Waals surface area contributed by atoms with Crippen LogP contribution in [-0.4, -0.2) is 54.3 Å². The molecule has 3 rings (SSSR count). The number of hydrogen-bond donors (Lipinski definition) is 5. The lowest BCUT2D eigenvalue weighted by Crippen LogP contribution is -2.36. The third-order valence-electron chi connectivity index (χ3n) is 5.14. The summed E-state index contributed by atoms with van der Waals surface area (Å²) in [5, 5.41) is 13.0. The Labute approximate surface area is 224 Å². The van der Waals surface area contributed by atoms with Crippen LogP contribution >= 0.6 is 23.1 Å². The summed E-state index contributed by atoms with van der Waals surface area (Å²) < 4.78 is 52.3. The number of aryl methyl sites for hydroxylation is 1. The first-order valence-electron chi connectivity index (χ1n) is 10.8. The second kappa shape index (κ2) is 11.6. The summed E-state index contributed by atoms with van der Waals surface area (Å²) in [6.07, 6.45) is 2.79. The SMILES string of the molecule is CSc1sc(C(=N)N)cc1S(=O)(=O)c1cccc(-c2c(C)cccc2NC(=O)NCCNS(C)(=O)=O)c1. The van der Waals surface area contributed by atoms with Crippen molar-refractivity contribution < 1.29 is 21.6 Å². The van der Waals surface area contributed by atoms with E-state index in [1.807, 2.05) is 13.0 Å². The van der Waals surface area contributed by atoms with Crippen LogP contribution in [0.1, 0.15) is 10.4 Å². The Morgan fingerprint density at radius 3 is 2.43 bits per heavy atom. The maximum Gasteiger partial charge on any atom is 0.319 e. The largest absolute Gasteiger partial charge is 0.383 e. The van der Waals surface area contributed by atoms with Gasteiger partial charge in [0.15, 0.2) is 0 Å². The third kappa shape index (κ3) is 7.11. The number of carbonyl (C=O) groups is 1. The van der Waals surface area contributed by atoms with Gasteiger partial charge in [0.2, 0.25) is 19.9 Å². The van der Waals surface area contributed by atoms with Crippen LogP contribution < -0.4 is 21.1 Å². The van der Waals surface area contributed by atoms with Gasteiger partial charge < -0.3 is 16.4 Å². The molecule has 0 fully saturated rings. The van der Waals surface area contributed by atoms with Crippen LogP contribution in [0.5, 0.6) is 0 Å². The number of rotatable bonds is 10. The fourth-order valence-electron chi connectivity index (χ4n) is 3.50. The minimum Gasteiger partial charge on any atom is -0.383 e. The van der Waals surface area contributed by atoms with Gasteiger partial charge in [0.1, 0.15) is 5.84 Å². The Morgan fingerprint density at radius 1 is 1.08 bits per heavy atom. The molecule has 1 aromatic heterocycles. The highest BCUT2D eigenvalue weighted by Crippen LogP contribution is 2.38. The van der Waals surface area contributed by atoms with Crippen molar-refractivity contribution in [1.29, 1.82) is 5.41 Å². The zero-order valence-corrected chi connectivity index (χ0v) is 23.6. The molecule has 0 saturated heterocycles. The van der Waals surface area contributed by atoms with Gasteiger partial charge >= 0.3 is 6.03 Å². The molecule has 3 aromatic rings. The van der Waals surface area contributed by atoms with E-state index in [1.165, 1.54) is 23.9 Å². The molecule has 1 heterocycles. The Kier molecular flexibility index (Phi) is 9.02. The Hall–Kier alpha value is -2.91. The summed E-state index contributed by atoms with van der Waals surface area (Å²) in [5.41, 5.74) is 8.08. The highest BCUT2D eigenvalue weighted by molar-refractivity contribution is 8.01. The van der Waals surface area contributed by atoms with Crippen LogP contribution in [0.2, 0.25) is 0 Å². The molecule has 0 aliphatic rings. The van der Waals surface area contributed by atoms with Gasteiger partial charge in [-0.2, -0.15) is 0 Å². The number of thioether (sulfide) groups is 1. The molecule has 0 bridgehead atoms. The van der Waals surface area contributed by atoms with E-state index in [0.29, 0.717) is 25.9 Å². The predicted molar refractivity (Wildman–Crippen MR) is 149 cm³/mol. The van der Waals surface area contributed by atoms with Crippen molar-refractivity contribution in [1.82, 2.24) is 10.0 Å². The molecule has 0 aliphatic carbocycles. The topological polar surface area (TPSA) is 171 Å². The first-order chi connectivity index (χ1) is 17.3. The number of urea groups is 1. The second-order valence-electron chi connectivity index (χ2n) is 7.96. The van der Waals surface area contributed by atoms with E-state index in [4.69, 9.17) is 11.1 Å². The first-order valence-corrected chi connectivity index (χ1v) is 16.2. The number of amides is 2. The highest BCUT2D eigenvalue weighted by atomic mass is 32.2. The summed E-state index contributed by atoms with van der Waals surface area (Å²) >= 11 is 2.42. The van der Waals surface area contributed by atoms with Crippen LogP contribution in [0, 0.1) is 12.3 Å². The molecule has 0 saturated carbocycles. The monoisotopic (exact) mass is 581 g/mol. The zero-order chi connectivity index (χ0) is 27.4. The molecule has 0 spiro atoms. The van der Waals surface area contributed by atoms with Gasteiger partial charge in [0.25, 0.3) is 0 Å². The summed E-state index contributed by atoms with van der Waals surface area (Å²) in [4.78, 5) is 13.0. The third-order valence-corrected chi connectivity index (χ3v) is 10.2. The number of benzene rings is 2. The van der Waals surface area contributed by atoms with Crippen molar-refractivity contribution in [2.45, 2.75) is 20.9 Å². The number of nitrogen functional groups attached to an aromatic ring is 1. The number of hydrogen-bond acceptors (Lipinski definition) is 8. The molecular weight excluding hydrogens is 555 g/mol. The number of anilines is 1. The van der Waals surface area contributed by atoms with E-state index in [1.54, 1.807) is 36.6 Å². The van der Waals surface area contributed by atoms with Gasteiger partial charge in [-0.25, -0.2) is 26.4 Å². The molecule has 37 heavy (non-hydrogen) atoms. The first kappa shape index (κ1) is 28.7. The molecule has 2 amide bonds. The summed E-state index contributed by atoms with van der Waals surface area (Å²) in [6.45, 7) is 1.96. The van der Waals surface area contributed by atoms with E-state index >= 15 is 0 Å². The quantitative estimate of drug-likeness (QED) is 0.106. The molecule has 0 radical (unpaired) electrons. The van der Waals surface area contributed by atoms with E-state index in [-0.39, 0.29) is 28.7 Å². The number of sulfonamides is 1. The maximum absolute atomic E-state index is 13.6. The van der Waals surface area contributed by atoms with E-state index in [0.717, 1.165) is 23.2 Å².